The van der Waals surface area contributed by atoms with Gasteiger partial charge in [-0.2, -0.15) is 0 Å². The van der Waals surface area contributed by atoms with Gasteiger partial charge in [0.1, 0.15) is 5.75 Å². The topological polar surface area (TPSA) is 121 Å². The van der Waals surface area contributed by atoms with Gasteiger partial charge in [0.25, 0.3) is 5.91 Å². The van der Waals surface area contributed by atoms with Crippen LogP contribution in [0.3, 0.4) is 0 Å². The van der Waals surface area contributed by atoms with Crippen LogP contribution in [0.15, 0.2) is 60.8 Å². The molecule has 2 atom stereocenters. The summed E-state index contributed by atoms with van der Waals surface area (Å²) in [5.74, 6) is -0.228. The molecule has 2 aliphatic heterocycles. The van der Waals surface area contributed by atoms with Crippen LogP contribution < -0.4 is 14.5 Å². The van der Waals surface area contributed by atoms with E-state index in [2.05, 4.69) is 10.3 Å². The van der Waals surface area contributed by atoms with E-state index in [9.17, 15) is 14.7 Å². The lowest BCUT2D eigenvalue weighted by atomic mass is 9.83. The van der Waals surface area contributed by atoms with E-state index in [4.69, 9.17) is 9.84 Å². The van der Waals surface area contributed by atoms with Crippen molar-refractivity contribution in [3.05, 3.63) is 77.6 Å². The second-order valence-electron chi connectivity index (χ2n) is 11.4. The summed E-state index contributed by atoms with van der Waals surface area (Å²) in [7, 11) is 1.56. The highest BCUT2D eigenvalue weighted by atomic mass is 16.5. The molecule has 0 unspecified atom stereocenters. The number of aromatic nitrogens is 3. The van der Waals surface area contributed by atoms with Gasteiger partial charge in [-0.05, 0) is 55.2 Å². The molecule has 0 saturated carbocycles. The van der Waals surface area contributed by atoms with Crippen molar-refractivity contribution in [3.63, 3.8) is 0 Å². The summed E-state index contributed by atoms with van der Waals surface area (Å²) in [5, 5.41) is 29.3. The molecule has 1 aromatic heterocycles. The van der Waals surface area contributed by atoms with E-state index in [0.29, 0.717) is 49.4 Å². The zero-order chi connectivity index (χ0) is 30.4. The van der Waals surface area contributed by atoms with Gasteiger partial charge in [-0.3, -0.25) is 14.3 Å². The van der Waals surface area contributed by atoms with E-state index in [1.165, 1.54) is 0 Å². The molecule has 2 aromatic carbocycles. The average Bonchev–Trinajstić information content (AvgIpc) is 3.54. The smallest absolute Gasteiger partial charge is 0.264 e. The number of amides is 2. The second-order valence-corrected chi connectivity index (χ2v) is 11.4. The summed E-state index contributed by atoms with van der Waals surface area (Å²) in [6.07, 6.45) is 11.3. The van der Waals surface area contributed by atoms with E-state index < -0.39 is 17.4 Å². The number of fused-ring (bicyclic) bond motifs is 1. The van der Waals surface area contributed by atoms with Crippen molar-refractivity contribution in [2.75, 3.05) is 30.1 Å². The zero-order valence-electron chi connectivity index (χ0n) is 25.0. The van der Waals surface area contributed by atoms with Crippen molar-refractivity contribution in [2.45, 2.75) is 70.6 Å². The summed E-state index contributed by atoms with van der Waals surface area (Å²) in [6.45, 7) is 3.40. The largest absolute Gasteiger partial charge is 0.497 e. The van der Waals surface area contributed by atoms with Crippen molar-refractivity contribution in [1.29, 1.82) is 0 Å². The Balaban J connectivity index is 1.36. The molecule has 0 spiro atoms. The van der Waals surface area contributed by atoms with E-state index in [-0.39, 0.29) is 19.1 Å². The number of rotatable bonds is 11. The number of aliphatic hydroxyl groups is 2. The van der Waals surface area contributed by atoms with Crippen LogP contribution in [0.2, 0.25) is 0 Å². The highest BCUT2D eigenvalue weighted by molar-refractivity contribution is 6.07. The molecule has 228 valence electrons. The number of allylic oxidation sites excluding steroid dienone is 1. The maximum absolute atomic E-state index is 14.1. The first-order chi connectivity index (χ1) is 20.8. The minimum Gasteiger partial charge on any atom is -0.497 e. The number of hydrogen-bond donors (Lipinski definition) is 2. The lowest BCUT2D eigenvalue weighted by Gasteiger charge is -2.28. The predicted octanol–water partition coefficient (Wildman–Crippen LogP) is 4.14. The number of aliphatic hydroxyl groups excluding tert-OH is 1. The molecule has 0 radical (unpaired) electrons. The first-order valence-corrected chi connectivity index (χ1v) is 15.1. The number of anilines is 2. The van der Waals surface area contributed by atoms with Crippen molar-refractivity contribution in [2.24, 2.45) is 5.92 Å². The van der Waals surface area contributed by atoms with E-state index in [1.807, 2.05) is 54.3 Å². The first kappa shape index (κ1) is 30.4. The lowest BCUT2D eigenvalue weighted by Crippen LogP contribution is -2.44. The SMILES string of the molecule is COc1ccc2c(c1)[C@@](O)([C@H](C)/C=C/CCn1cc(CCO)nn1)C(=O)N2Cc1cccc(N2CCCCCCC2=O)c1. The monoisotopic (exact) mass is 587 g/mol. The standard InChI is InChI=1S/C33H41N5O5/c1-24(10-6-8-17-36-23-26(16-19-39)34-35-36)33(42)29-21-28(43-2)14-15-30(29)38(32(33)41)22-25-11-9-12-27(20-25)37-18-7-4-3-5-13-31(37)40/h6,9-12,14-15,20-21,23-24,39,42H,3-5,7-8,13,16-19,22H2,1-2H3/b10-6+/t24-,33+/m1/s1. The van der Waals surface area contributed by atoms with Crippen LogP contribution in [0.25, 0.3) is 0 Å². The molecule has 2 aliphatic rings. The fourth-order valence-electron chi connectivity index (χ4n) is 5.97. The normalized spacial score (nSPS) is 19.9. The molecule has 2 N–H and O–H groups in total. The molecular formula is C33H41N5O5. The number of benzene rings is 2. The molecule has 10 heteroatoms. The van der Waals surface area contributed by atoms with Gasteiger partial charge in [0, 0.05) is 55.9 Å². The number of nitrogens with zero attached hydrogens (tertiary/aromatic N) is 5. The summed E-state index contributed by atoms with van der Waals surface area (Å²) in [5.41, 5.74) is 1.82. The number of aryl methyl sites for hydroxylation is 1. The fraction of sp³-hybridized carbons (Fsp3) is 0.455. The molecule has 1 fully saturated rings. The fourth-order valence-corrected chi connectivity index (χ4v) is 5.97. The Kier molecular flexibility index (Phi) is 9.57. The third-order valence-electron chi connectivity index (χ3n) is 8.43. The van der Waals surface area contributed by atoms with Gasteiger partial charge >= 0.3 is 0 Å². The van der Waals surface area contributed by atoms with Crippen molar-refractivity contribution in [1.82, 2.24) is 15.0 Å². The molecular weight excluding hydrogens is 546 g/mol. The Labute approximate surface area is 252 Å². The summed E-state index contributed by atoms with van der Waals surface area (Å²) < 4.78 is 7.17. The van der Waals surface area contributed by atoms with Crippen LogP contribution in [0, 0.1) is 5.92 Å². The maximum Gasteiger partial charge on any atom is 0.264 e. The molecule has 3 aromatic rings. The van der Waals surface area contributed by atoms with Crippen LogP contribution in [0.1, 0.15) is 62.3 Å². The van der Waals surface area contributed by atoms with Gasteiger partial charge in [0.15, 0.2) is 5.60 Å². The Morgan fingerprint density at radius 2 is 1.95 bits per heavy atom. The molecule has 0 aliphatic carbocycles. The van der Waals surface area contributed by atoms with Crippen molar-refractivity contribution in [3.8, 4) is 5.75 Å². The lowest BCUT2D eigenvalue weighted by molar-refractivity contribution is -0.139. The number of carbonyl (C=O) groups is 2. The molecule has 3 heterocycles. The third-order valence-corrected chi connectivity index (χ3v) is 8.43. The van der Waals surface area contributed by atoms with Gasteiger partial charge < -0.3 is 24.7 Å². The molecule has 43 heavy (non-hydrogen) atoms. The Morgan fingerprint density at radius 1 is 1.12 bits per heavy atom. The summed E-state index contributed by atoms with van der Waals surface area (Å²) in [6, 6.07) is 13.2. The van der Waals surface area contributed by atoms with Crippen LogP contribution in [-0.4, -0.2) is 57.3 Å². The van der Waals surface area contributed by atoms with Crippen LogP contribution in [0.5, 0.6) is 5.75 Å². The van der Waals surface area contributed by atoms with E-state index >= 15 is 0 Å². The molecule has 10 nitrogen and oxygen atoms in total. The van der Waals surface area contributed by atoms with Gasteiger partial charge in [0.2, 0.25) is 5.91 Å². The van der Waals surface area contributed by atoms with E-state index in [0.717, 1.165) is 42.6 Å². The minimum absolute atomic E-state index is 0.0234. The van der Waals surface area contributed by atoms with Crippen LogP contribution in [0.4, 0.5) is 11.4 Å². The Bertz CT molecular complexity index is 1470. The number of methoxy groups -OCH3 is 1. The van der Waals surface area contributed by atoms with Gasteiger partial charge in [0.05, 0.1) is 25.0 Å². The number of hydrogen-bond acceptors (Lipinski definition) is 7. The highest BCUT2D eigenvalue weighted by Gasteiger charge is 2.52. The third kappa shape index (κ3) is 6.50. The molecule has 1 saturated heterocycles. The van der Waals surface area contributed by atoms with Gasteiger partial charge in [-0.15, -0.1) is 5.10 Å². The zero-order valence-corrected chi connectivity index (χ0v) is 25.0. The number of carbonyl (C=O) groups excluding carboxylic acids is 2. The molecule has 5 rings (SSSR count). The molecule has 2 amide bonds. The highest BCUT2D eigenvalue weighted by Crippen LogP contribution is 2.47. The minimum atomic E-state index is -1.78. The van der Waals surface area contributed by atoms with Crippen molar-refractivity contribution < 1.29 is 24.5 Å². The molecule has 0 bridgehead atoms. The van der Waals surface area contributed by atoms with Crippen LogP contribution in [-0.2, 0) is 34.7 Å². The van der Waals surface area contributed by atoms with Gasteiger partial charge in [-0.1, -0.05) is 49.3 Å². The average molecular weight is 588 g/mol. The van der Waals surface area contributed by atoms with Gasteiger partial charge in [-0.25, -0.2) is 0 Å². The van der Waals surface area contributed by atoms with E-state index in [1.54, 1.807) is 35.0 Å². The maximum atomic E-state index is 14.1. The summed E-state index contributed by atoms with van der Waals surface area (Å²) >= 11 is 0. The predicted molar refractivity (Wildman–Crippen MR) is 164 cm³/mol. The second kappa shape index (κ2) is 13.5. The number of ether oxygens (including phenoxy) is 1. The van der Waals surface area contributed by atoms with Crippen LogP contribution >= 0.6 is 0 Å². The first-order valence-electron chi connectivity index (χ1n) is 15.1. The van der Waals surface area contributed by atoms with Crippen molar-refractivity contribution >= 4 is 23.2 Å². The Morgan fingerprint density at radius 3 is 2.77 bits per heavy atom. The Hall–Kier alpha value is -4.02. The summed E-state index contributed by atoms with van der Waals surface area (Å²) in [4.78, 5) is 30.4. The quantitative estimate of drug-likeness (QED) is 0.324.